The second kappa shape index (κ2) is 8.92. The molecule has 0 aromatic rings. The Kier molecular flexibility index (Phi) is 6.84. The molecule has 26 heavy (non-hydrogen) atoms. The normalized spacial score (nSPS) is 27.0. The Morgan fingerprint density at radius 1 is 0.885 bits per heavy atom. The molecule has 0 aromatic carbocycles. The Morgan fingerprint density at radius 3 is 2.08 bits per heavy atom. The van der Waals surface area contributed by atoms with Gasteiger partial charge in [-0.25, -0.2) is 0 Å². The molecule has 5 nitrogen and oxygen atoms in total. The number of rotatable bonds is 6. The topological polar surface area (TPSA) is 42.9 Å². The molecule has 0 unspecified atom stereocenters. The maximum Gasteiger partial charge on any atom is 0.191 e. The lowest BCUT2D eigenvalue weighted by Crippen LogP contribution is -2.62. The second-order valence-corrected chi connectivity index (χ2v) is 9.06. The van der Waals surface area contributed by atoms with Crippen LogP contribution >= 0.6 is 0 Å². The minimum Gasteiger partial charge on any atom is -0.356 e. The Balaban J connectivity index is 1.57. The molecule has 0 spiro atoms. The van der Waals surface area contributed by atoms with Gasteiger partial charge in [-0.3, -0.25) is 9.89 Å². The van der Waals surface area contributed by atoms with Crippen molar-refractivity contribution in [3.8, 4) is 0 Å². The van der Waals surface area contributed by atoms with Crippen LogP contribution in [0.15, 0.2) is 4.99 Å². The molecule has 0 bridgehead atoms. The van der Waals surface area contributed by atoms with Gasteiger partial charge in [0.05, 0.1) is 0 Å². The van der Waals surface area contributed by atoms with Crippen molar-refractivity contribution in [2.45, 2.75) is 70.3 Å². The van der Waals surface area contributed by atoms with E-state index in [1.54, 1.807) is 0 Å². The molecule has 1 saturated carbocycles. The van der Waals surface area contributed by atoms with Crippen LogP contribution < -0.4 is 10.6 Å². The molecule has 0 amide bonds. The highest BCUT2D eigenvalue weighted by Crippen LogP contribution is 2.43. The van der Waals surface area contributed by atoms with E-state index >= 15 is 0 Å². The van der Waals surface area contributed by atoms with Gasteiger partial charge in [0.15, 0.2) is 5.96 Å². The van der Waals surface area contributed by atoms with Crippen molar-refractivity contribution < 1.29 is 0 Å². The van der Waals surface area contributed by atoms with Gasteiger partial charge >= 0.3 is 0 Å². The summed E-state index contributed by atoms with van der Waals surface area (Å²) in [6.07, 6.45) is 12.1. The van der Waals surface area contributed by atoms with Crippen LogP contribution in [0.1, 0.15) is 64.7 Å². The van der Waals surface area contributed by atoms with Crippen LogP contribution in [0.2, 0.25) is 0 Å². The molecule has 150 valence electrons. The van der Waals surface area contributed by atoms with Crippen LogP contribution in [-0.4, -0.2) is 74.7 Å². The summed E-state index contributed by atoms with van der Waals surface area (Å²) in [5.41, 5.74) is 0.833. The number of hydrogen-bond acceptors (Lipinski definition) is 3. The van der Waals surface area contributed by atoms with E-state index < -0.39 is 0 Å². The smallest absolute Gasteiger partial charge is 0.191 e. The summed E-state index contributed by atoms with van der Waals surface area (Å²) in [5.74, 6) is 1.00. The summed E-state index contributed by atoms with van der Waals surface area (Å²) in [4.78, 5) is 9.80. The van der Waals surface area contributed by atoms with Crippen LogP contribution in [0.5, 0.6) is 0 Å². The molecule has 0 atom stereocenters. The standard InChI is InChI=1S/C21H41N5/c1-4-20(9-8-10-20)17-23-19(22-2)24-18-21(11-15-25(3)16-12-21)26-13-6-5-7-14-26/h4-18H2,1-3H3,(H2,22,23,24). The summed E-state index contributed by atoms with van der Waals surface area (Å²) in [6, 6.07) is 0. The van der Waals surface area contributed by atoms with E-state index in [2.05, 4.69) is 39.4 Å². The van der Waals surface area contributed by atoms with Crippen LogP contribution in [0.3, 0.4) is 0 Å². The third-order valence-corrected chi connectivity index (χ3v) is 7.55. The Bertz CT molecular complexity index is 452. The van der Waals surface area contributed by atoms with Gasteiger partial charge in [-0.1, -0.05) is 19.8 Å². The second-order valence-electron chi connectivity index (χ2n) is 9.06. The zero-order chi connectivity index (χ0) is 18.5. The lowest BCUT2D eigenvalue weighted by Gasteiger charge is -2.50. The maximum atomic E-state index is 4.52. The van der Waals surface area contributed by atoms with E-state index in [4.69, 9.17) is 0 Å². The molecule has 2 saturated heterocycles. The predicted molar refractivity (Wildman–Crippen MR) is 111 cm³/mol. The highest BCUT2D eigenvalue weighted by Gasteiger charge is 2.40. The zero-order valence-corrected chi connectivity index (χ0v) is 17.4. The Labute approximate surface area is 161 Å². The summed E-state index contributed by atoms with van der Waals surface area (Å²) in [5, 5.41) is 7.36. The average molecular weight is 364 g/mol. The lowest BCUT2D eigenvalue weighted by molar-refractivity contribution is 0.0172. The number of aliphatic imine (C=N–C) groups is 1. The van der Waals surface area contributed by atoms with Gasteiger partial charge in [-0.2, -0.15) is 0 Å². The lowest BCUT2D eigenvalue weighted by atomic mass is 9.67. The van der Waals surface area contributed by atoms with Gasteiger partial charge in [0, 0.05) is 25.7 Å². The highest BCUT2D eigenvalue weighted by molar-refractivity contribution is 5.79. The fourth-order valence-corrected chi connectivity index (χ4v) is 5.08. The van der Waals surface area contributed by atoms with E-state index in [1.807, 2.05) is 7.05 Å². The summed E-state index contributed by atoms with van der Waals surface area (Å²) < 4.78 is 0. The van der Waals surface area contributed by atoms with Crippen molar-refractivity contribution in [1.82, 2.24) is 20.4 Å². The number of piperidine rings is 2. The van der Waals surface area contributed by atoms with Crippen molar-refractivity contribution in [2.75, 3.05) is 53.4 Å². The third kappa shape index (κ3) is 4.53. The first-order valence-electron chi connectivity index (χ1n) is 11.0. The maximum absolute atomic E-state index is 4.52. The highest BCUT2D eigenvalue weighted by atomic mass is 15.3. The van der Waals surface area contributed by atoms with Crippen LogP contribution in [-0.2, 0) is 0 Å². The average Bonchev–Trinajstić information content (AvgIpc) is 2.66. The molecular formula is C21H41N5. The van der Waals surface area contributed by atoms with Crippen LogP contribution in [0.4, 0.5) is 0 Å². The number of guanidine groups is 1. The van der Waals surface area contributed by atoms with E-state index in [-0.39, 0.29) is 0 Å². The fourth-order valence-electron chi connectivity index (χ4n) is 5.08. The fraction of sp³-hybridized carbons (Fsp3) is 0.952. The van der Waals surface area contributed by atoms with Crippen molar-refractivity contribution in [1.29, 1.82) is 0 Å². The van der Waals surface area contributed by atoms with Gasteiger partial charge < -0.3 is 15.5 Å². The Morgan fingerprint density at radius 2 is 1.54 bits per heavy atom. The minimum atomic E-state index is 0.309. The number of hydrogen-bond donors (Lipinski definition) is 2. The van der Waals surface area contributed by atoms with Crippen LogP contribution in [0.25, 0.3) is 0 Å². The SMILES string of the molecule is CCC1(CNC(=NC)NCC2(N3CCCCC3)CCN(C)CC2)CCC1. The van der Waals surface area contributed by atoms with Crippen molar-refractivity contribution in [3.05, 3.63) is 0 Å². The third-order valence-electron chi connectivity index (χ3n) is 7.55. The van der Waals surface area contributed by atoms with E-state index in [9.17, 15) is 0 Å². The number of nitrogens with one attached hydrogen (secondary N) is 2. The molecule has 1 aliphatic carbocycles. The zero-order valence-electron chi connectivity index (χ0n) is 17.4. The summed E-state index contributed by atoms with van der Waals surface area (Å²) in [7, 11) is 4.17. The molecule has 0 radical (unpaired) electrons. The van der Waals surface area contributed by atoms with Crippen molar-refractivity contribution in [3.63, 3.8) is 0 Å². The van der Waals surface area contributed by atoms with Crippen molar-refractivity contribution >= 4 is 5.96 Å². The molecule has 2 aliphatic heterocycles. The molecular weight excluding hydrogens is 322 g/mol. The molecule has 5 heteroatoms. The summed E-state index contributed by atoms with van der Waals surface area (Å²) in [6.45, 7) is 9.40. The largest absolute Gasteiger partial charge is 0.356 e. The quantitative estimate of drug-likeness (QED) is 0.562. The monoisotopic (exact) mass is 363 g/mol. The van der Waals surface area contributed by atoms with Gasteiger partial charge in [-0.15, -0.1) is 0 Å². The minimum absolute atomic E-state index is 0.309. The first-order valence-corrected chi connectivity index (χ1v) is 11.0. The van der Waals surface area contributed by atoms with E-state index in [0.29, 0.717) is 11.0 Å². The summed E-state index contributed by atoms with van der Waals surface area (Å²) >= 11 is 0. The first kappa shape index (κ1) is 19.9. The van der Waals surface area contributed by atoms with Gasteiger partial charge in [0.1, 0.15) is 0 Å². The Hall–Kier alpha value is -0.810. The van der Waals surface area contributed by atoms with Gasteiger partial charge in [0.25, 0.3) is 0 Å². The molecule has 3 aliphatic rings. The molecule has 3 fully saturated rings. The molecule has 2 heterocycles. The van der Waals surface area contributed by atoms with Gasteiger partial charge in [-0.05, 0) is 83.6 Å². The number of nitrogens with zero attached hydrogens (tertiary/aromatic N) is 3. The van der Waals surface area contributed by atoms with Crippen molar-refractivity contribution in [2.24, 2.45) is 10.4 Å². The van der Waals surface area contributed by atoms with Gasteiger partial charge in [0.2, 0.25) is 0 Å². The van der Waals surface area contributed by atoms with Crippen LogP contribution in [0, 0.1) is 5.41 Å². The molecule has 0 aromatic heterocycles. The van der Waals surface area contributed by atoms with E-state index in [1.165, 1.54) is 84.0 Å². The molecule has 3 rings (SSSR count). The first-order chi connectivity index (χ1) is 12.6. The predicted octanol–water partition coefficient (Wildman–Crippen LogP) is 2.68. The number of likely N-dealkylation sites (tertiary alicyclic amines) is 2. The molecule has 2 N–H and O–H groups in total. The van der Waals surface area contributed by atoms with E-state index in [0.717, 1.165) is 19.0 Å².